The standard InChI is InChI=1S/C30H30FN5O5S/c1-39-24-15-20(16-25(40-2)28(24)41-3)29(38)32-17-26-33-34-30(36(26)22-12-10-21(31)11-13-22)42-18-27(37)35-14-6-8-19-7-4-5-9-23(19)35/h4-5,7,9-13,15-16H,6,8,14,17-18H2,1-3H3,(H,32,38). The molecule has 0 saturated heterocycles. The molecule has 0 bridgehead atoms. The summed E-state index contributed by atoms with van der Waals surface area (Å²) in [5.74, 6) is 0.752. The number of aromatic nitrogens is 3. The highest BCUT2D eigenvalue weighted by atomic mass is 32.2. The summed E-state index contributed by atoms with van der Waals surface area (Å²) in [7, 11) is 4.42. The quantitative estimate of drug-likeness (QED) is 0.270. The third-order valence-corrected chi connectivity index (χ3v) is 7.77. The summed E-state index contributed by atoms with van der Waals surface area (Å²) in [6, 6.07) is 16.9. The van der Waals surface area contributed by atoms with E-state index in [1.807, 2.05) is 29.2 Å². The minimum absolute atomic E-state index is 0.00781. The Morgan fingerprint density at radius 3 is 2.38 bits per heavy atom. The molecular formula is C30H30FN5O5S. The summed E-state index contributed by atoms with van der Waals surface area (Å²) in [6.07, 6.45) is 1.84. The monoisotopic (exact) mass is 591 g/mol. The Bertz CT molecular complexity index is 1570. The van der Waals surface area contributed by atoms with Gasteiger partial charge >= 0.3 is 0 Å². The zero-order valence-electron chi connectivity index (χ0n) is 23.4. The molecule has 5 rings (SSSR count). The van der Waals surface area contributed by atoms with Crippen molar-refractivity contribution in [1.82, 2.24) is 20.1 Å². The van der Waals surface area contributed by atoms with E-state index in [0.29, 0.717) is 46.0 Å². The summed E-state index contributed by atoms with van der Waals surface area (Å²) in [4.78, 5) is 28.2. The number of hydrogen-bond donors (Lipinski definition) is 1. The maximum Gasteiger partial charge on any atom is 0.251 e. The average Bonchev–Trinajstić information content (AvgIpc) is 3.44. The van der Waals surface area contributed by atoms with Crippen LogP contribution in [0.2, 0.25) is 0 Å². The number of nitrogens with one attached hydrogen (secondary N) is 1. The lowest BCUT2D eigenvalue weighted by Gasteiger charge is -2.29. The summed E-state index contributed by atoms with van der Waals surface area (Å²) in [5.41, 5.74) is 2.97. The van der Waals surface area contributed by atoms with Crippen LogP contribution in [0.1, 0.15) is 28.2 Å². The number of halogens is 1. The predicted molar refractivity (Wildman–Crippen MR) is 156 cm³/mol. The minimum atomic E-state index is -0.406. The molecule has 4 aromatic rings. The SMILES string of the molecule is COc1cc(C(=O)NCc2nnc(SCC(=O)N3CCCc4ccccc43)n2-c2ccc(F)cc2)cc(OC)c1OC. The number of amides is 2. The van der Waals surface area contributed by atoms with Gasteiger partial charge in [0.15, 0.2) is 22.5 Å². The second-order valence-corrected chi connectivity index (χ2v) is 10.3. The number of benzene rings is 3. The first kappa shape index (κ1) is 28.9. The zero-order valence-corrected chi connectivity index (χ0v) is 24.2. The molecule has 3 aromatic carbocycles. The minimum Gasteiger partial charge on any atom is -0.493 e. The van der Waals surface area contributed by atoms with Crippen molar-refractivity contribution in [2.24, 2.45) is 0 Å². The van der Waals surface area contributed by atoms with Crippen molar-refractivity contribution in [3.05, 3.63) is 83.4 Å². The summed E-state index contributed by atoms with van der Waals surface area (Å²) in [6.45, 7) is 0.660. The molecule has 1 aliphatic heterocycles. The molecule has 0 atom stereocenters. The fraction of sp³-hybridized carbons (Fsp3) is 0.267. The maximum atomic E-state index is 13.7. The Balaban J connectivity index is 1.36. The number of carbonyl (C=O) groups is 2. The molecule has 1 aromatic heterocycles. The van der Waals surface area contributed by atoms with Gasteiger partial charge < -0.3 is 24.4 Å². The van der Waals surface area contributed by atoms with Gasteiger partial charge in [0.25, 0.3) is 5.91 Å². The van der Waals surface area contributed by atoms with Gasteiger partial charge in [-0.05, 0) is 60.9 Å². The number of aryl methyl sites for hydroxylation is 1. The molecule has 218 valence electrons. The van der Waals surface area contributed by atoms with Crippen LogP contribution in [0.3, 0.4) is 0 Å². The Hall–Kier alpha value is -4.58. The van der Waals surface area contributed by atoms with Gasteiger partial charge in [-0.15, -0.1) is 10.2 Å². The molecule has 0 radical (unpaired) electrons. The van der Waals surface area contributed by atoms with Gasteiger partial charge in [0.05, 0.1) is 33.6 Å². The van der Waals surface area contributed by atoms with Crippen molar-refractivity contribution in [3.63, 3.8) is 0 Å². The van der Waals surface area contributed by atoms with Gasteiger partial charge in [-0.3, -0.25) is 14.2 Å². The van der Waals surface area contributed by atoms with Crippen molar-refractivity contribution in [1.29, 1.82) is 0 Å². The van der Waals surface area contributed by atoms with E-state index < -0.39 is 11.7 Å². The van der Waals surface area contributed by atoms with Crippen LogP contribution in [0, 0.1) is 5.82 Å². The molecule has 2 amide bonds. The highest BCUT2D eigenvalue weighted by Gasteiger charge is 2.24. The lowest BCUT2D eigenvalue weighted by Crippen LogP contribution is -2.36. The van der Waals surface area contributed by atoms with Crippen LogP contribution in [0.5, 0.6) is 17.2 Å². The van der Waals surface area contributed by atoms with E-state index in [-0.39, 0.29) is 18.2 Å². The molecule has 10 nitrogen and oxygen atoms in total. The number of ether oxygens (including phenoxy) is 3. The molecule has 1 N–H and O–H groups in total. The third kappa shape index (κ3) is 6.03. The van der Waals surface area contributed by atoms with Gasteiger partial charge in [0, 0.05) is 23.5 Å². The van der Waals surface area contributed by atoms with Crippen molar-refractivity contribution in [2.75, 3.05) is 38.5 Å². The second-order valence-electron chi connectivity index (χ2n) is 9.37. The van der Waals surface area contributed by atoms with Crippen LogP contribution in [0.4, 0.5) is 10.1 Å². The molecule has 42 heavy (non-hydrogen) atoms. The number of fused-ring (bicyclic) bond motifs is 1. The van der Waals surface area contributed by atoms with E-state index in [1.165, 1.54) is 45.2 Å². The smallest absolute Gasteiger partial charge is 0.251 e. The summed E-state index contributed by atoms with van der Waals surface area (Å²) in [5, 5.41) is 11.9. The van der Waals surface area contributed by atoms with Crippen LogP contribution in [-0.4, -0.2) is 60.2 Å². The summed E-state index contributed by atoms with van der Waals surface area (Å²) < 4.78 is 31.5. The zero-order chi connectivity index (χ0) is 29.6. The molecular weight excluding hydrogens is 561 g/mol. The van der Waals surface area contributed by atoms with E-state index in [9.17, 15) is 14.0 Å². The van der Waals surface area contributed by atoms with Gasteiger partial charge in [-0.2, -0.15) is 0 Å². The maximum absolute atomic E-state index is 13.7. The van der Waals surface area contributed by atoms with Crippen molar-refractivity contribution in [3.8, 4) is 22.9 Å². The van der Waals surface area contributed by atoms with E-state index in [2.05, 4.69) is 15.5 Å². The van der Waals surface area contributed by atoms with Gasteiger partial charge in [0.1, 0.15) is 5.82 Å². The van der Waals surface area contributed by atoms with E-state index in [0.717, 1.165) is 24.1 Å². The third-order valence-electron chi connectivity index (χ3n) is 6.86. The molecule has 2 heterocycles. The highest BCUT2D eigenvalue weighted by molar-refractivity contribution is 7.99. The fourth-order valence-electron chi connectivity index (χ4n) is 4.83. The van der Waals surface area contributed by atoms with Crippen molar-refractivity contribution < 1.29 is 28.2 Å². The molecule has 0 fully saturated rings. The normalized spacial score (nSPS) is 12.4. The molecule has 1 aliphatic rings. The van der Waals surface area contributed by atoms with Crippen molar-refractivity contribution in [2.45, 2.75) is 24.5 Å². The lowest BCUT2D eigenvalue weighted by molar-refractivity contribution is -0.116. The number of thioether (sulfide) groups is 1. The van der Waals surface area contributed by atoms with Crippen LogP contribution in [-0.2, 0) is 17.8 Å². The van der Waals surface area contributed by atoms with Gasteiger partial charge in [-0.1, -0.05) is 30.0 Å². The Labute approximate surface area is 246 Å². The Kier molecular flexibility index (Phi) is 8.91. The number of methoxy groups -OCH3 is 3. The number of anilines is 1. The molecule has 0 aliphatic carbocycles. The van der Waals surface area contributed by atoms with Gasteiger partial charge in [0.2, 0.25) is 11.7 Å². The molecule has 0 unspecified atom stereocenters. The number of rotatable bonds is 10. The Morgan fingerprint density at radius 1 is 0.976 bits per heavy atom. The molecule has 0 saturated carbocycles. The Morgan fingerprint density at radius 2 is 1.69 bits per heavy atom. The van der Waals surface area contributed by atoms with Crippen LogP contribution in [0.25, 0.3) is 5.69 Å². The van der Waals surface area contributed by atoms with Gasteiger partial charge in [-0.25, -0.2) is 4.39 Å². The number of carbonyl (C=O) groups excluding carboxylic acids is 2. The number of hydrogen-bond acceptors (Lipinski definition) is 8. The van der Waals surface area contributed by atoms with Crippen LogP contribution >= 0.6 is 11.8 Å². The number of para-hydroxylation sites is 1. The van der Waals surface area contributed by atoms with Crippen molar-refractivity contribution >= 4 is 29.3 Å². The average molecular weight is 592 g/mol. The first-order valence-electron chi connectivity index (χ1n) is 13.2. The second kappa shape index (κ2) is 12.9. The topological polar surface area (TPSA) is 108 Å². The van der Waals surface area contributed by atoms with E-state index >= 15 is 0 Å². The predicted octanol–water partition coefficient (Wildman–Crippen LogP) is 4.43. The molecule has 12 heteroatoms. The van der Waals surface area contributed by atoms with E-state index in [1.54, 1.807) is 28.8 Å². The first-order chi connectivity index (χ1) is 20.4. The largest absolute Gasteiger partial charge is 0.493 e. The first-order valence-corrected chi connectivity index (χ1v) is 14.2. The highest BCUT2D eigenvalue weighted by Crippen LogP contribution is 2.38. The molecule has 0 spiro atoms. The fourth-order valence-corrected chi connectivity index (χ4v) is 5.68. The summed E-state index contributed by atoms with van der Waals surface area (Å²) >= 11 is 1.23. The number of nitrogens with zero attached hydrogens (tertiary/aromatic N) is 4. The van der Waals surface area contributed by atoms with Crippen LogP contribution in [0.15, 0.2) is 65.8 Å². The van der Waals surface area contributed by atoms with Crippen LogP contribution < -0.4 is 24.4 Å². The lowest BCUT2D eigenvalue weighted by atomic mass is 10.0. The van der Waals surface area contributed by atoms with E-state index in [4.69, 9.17) is 14.2 Å².